The van der Waals surface area contributed by atoms with Crippen molar-refractivity contribution in [3.8, 4) is 5.75 Å². The first-order valence-electron chi connectivity index (χ1n) is 12.2. The van der Waals surface area contributed by atoms with Gasteiger partial charge in [0.2, 0.25) is 7.28 Å². The molecule has 5 rings (SSSR count). The lowest BCUT2D eigenvalue weighted by molar-refractivity contribution is 0.593. The number of hydrogen-bond acceptors (Lipinski definition) is 4. The molecule has 0 unspecified atom stereocenters. The molecule has 0 aromatic heterocycles. The Balaban J connectivity index is 1.84. The van der Waals surface area contributed by atoms with Gasteiger partial charge in [-0.1, -0.05) is 79.5 Å². The van der Waals surface area contributed by atoms with E-state index in [0.717, 1.165) is 16.9 Å². The zero-order valence-electron chi connectivity index (χ0n) is 21.6. The van der Waals surface area contributed by atoms with Crippen LogP contribution in [0.25, 0.3) is 0 Å². The van der Waals surface area contributed by atoms with Crippen molar-refractivity contribution in [2.45, 2.75) is 24.2 Å². The summed E-state index contributed by atoms with van der Waals surface area (Å²) >= 11 is 12.4. The average molecular weight is 598 g/mol. The minimum Gasteiger partial charge on any atom is -0.451 e. The van der Waals surface area contributed by atoms with Gasteiger partial charge in [-0.2, -0.15) is 8.42 Å². The van der Waals surface area contributed by atoms with Crippen molar-refractivity contribution >= 4 is 51.5 Å². The van der Waals surface area contributed by atoms with Crippen molar-refractivity contribution in [3.05, 3.63) is 130 Å². The van der Waals surface area contributed by atoms with Gasteiger partial charge < -0.3 is 9.42 Å². The molecule has 5 nitrogen and oxygen atoms in total. The molecule has 0 fully saturated rings. The van der Waals surface area contributed by atoms with E-state index in [4.69, 9.17) is 27.7 Å². The van der Waals surface area contributed by atoms with E-state index >= 15 is 0 Å². The molecule has 4 aromatic carbocycles. The minimum absolute atomic E-state index is 0.0302. The van der Waals surface area contributed by atoms with Crippen LogP contribution in [0.2, 0.25) is 10.0 Å². The number of hydrogen-bond donors (Lipinski definition) is 0. The van der Waals surface area contributed by atoms with Crippen LogP contribution in [0.3, 0.4) is 0 Å². The molecule has 9 heteroatoms. The lowest BCUT2D eigenvalue weighted by atomic mass is 9.84. The second-order valence-corrected chi connectivity index (χ2v) is 14.9. The maximum Gasteiger partial charge on any atom is 0.284 e. The van der Waals surface area contributed by atoms with E-state index in [9.17, 15) is 8.42 Å². The van der Waals surface area contributed by atoms with Gasteiger partial charge in [0.15, 0.2) is 0 Å². The third-order valence-corrected chi connectivity index (χ3v) is 12.1. The van der Waals surface area contributed by atoms with Gasteiger partial charge in [-0.05, 0) is 66.2 Å². The van der Waals surface area contributed by atoms with E-state index in [1.165, 1.54) is 24.3 Å². The second-order valence-electron chi connectivity index (χ2n) is 9.73. The van der Waals surface area contributed by atoms with Gasteiger partial charge >= 0.3 is 0 Å². The SMILES string of the molecule is CN1/C(=C\[P@@](=NS(=O)(=O)c2ccc(Cl)cc2)(Oc2cccc(Cl)c2)c2ccccc2)C(C)(C)c2ccccc21. The highest BCUT2D eigenvalue weighted by Crippen LogP contribution is 2.58. The molecule has 0 saturated heterocycles. The lowest BCUT2D eigenvalue weighted by Crippen LogP contribution is -2.24. The number of rotatable bonds is 6. The van der Waals surface area contributed by atoms with Crippen molar-refractivity contribution < 1.29 is 12.9 Å². The topological polar surface area (TPSA) is 59.0 Å². The third kappa shape index (κ3) is 5.39. The van der Waals surface area contributed by atoms with Crippen LogP contribution in [0.1, 0.15) is 19.4 Å². The van der Waals surface area contributed by atoms with E-state index in [2.05, 4.69) is 35.0 Å². The summed E-state index contributed by atoms with van der Waals surface area (Å²) in [5.41, 5.74) is 2.62. The maximum atomic E-state index is 13.9. The predicted octanol–water partition coefficient (Wildman–Crippen LogP) is 8.47. The number of anilines is 1. The Labute approximate surface area is 239 Å². The number of sulfonamides is 1. The highest BCUT2D eigenvalue weighted by Gasteiger charge is 2.41. The van der Waals surface area contributed by atoms with E-state index in [-0.39, 0.29) is 4.90 Å². The Morgan fingerprint density at radius 2 is 1.51 bits per heavy atom. The number of nitrogens with zero attached hydrogens (tertiary/aromatic N) is 2. The summed E-state index contributed by atoms with van der Waals surface area (Å²) in [6, 6.07) is 30.3. The van der Waals surface area contributed by atoms with Gasteiger partial charge in [0.1, 0.15) is 5.75 Å². The van der Waals surface area contributed by atoms with E-state index in [0.29, 0.717) is 21.1 Å². The molecule has 0 radical (unpaired) electrons. The fourth-order valence-corrected chi connectivity index (χ4v) is 10.1. The third-order valence-electron chi connectivity index (χ3n) is 6.74. The summed E-state index contributed by atoms with van der Waals surface area (Å²) in [6.45, 7) is 4.24. The summed E-state index contributed by atoms with van der Waals surface area (Å²) < 4.78 is 39.1. The Hall–Kier alpha value is -3.02. The number of benzene rings is 4. The van der Waals surface area contributed by atoms with Crippen LogP contribution in [0.15, 0.2) is 124 Å². The quantitative estimate of drug-likeness (QED) is 0.209. The minimum atomic E-state index is -4.18. The zero-order chi connectivity index (χ0) is 27.8. The molecular weight excluding hydrogens is 570 g/mol. The van der Waals surface area contributed by atoms with Crippen LogP contribution >= 0.6 is 30.5 Å². The Morgan fingerprint density at radius 3 is 2.18 bits per heavy atom. The smallest absolute Gasteiger partial charge is 0.284 e. The van der Waals surface area contributed by atoms with Crippen molar-refractivity contribution in [1.29, 1.82) is 0 Å². The molecular formula is C30H27Cl2N2O3PS. The summed E-state index contributed by atoms with van der Waals surface area (Å²) in [4.78, 5) is 2.11. The molecule has 0 bridgehead atoms. The van der Waals surface area contributed by atoms with E-state index in [1.54, 1.807) is 24.3 Å². The highest BCUT2D eigenvalue weighted by atomic mass is 35.5. The lowest BCUT2D eigenvalue weighted by Gasteiger charge is -2.29. The molecule has 4 aromatic rings. The van der Waals surface area contributed by atoms with Gasteiger partial charge in [0, 0.05) is 45.0 Å². The summed E-state index contributed by atoms with van der Waals surface area (Å²) in [5, 5.41) is 1.55. The van der Waals surface area contributed by atoms with Crippen LogP contribution in [0.4, 0.5) is 5.69 Å². The molecule has 1 atom stereocenters. The largest absolute Gasteiger partial charge is 0.451 e. The number of allylic oxidation sites excluding steroid dienone is 1. The van der Waals surface area contributed by atoms with Gasteiger partial charge in [-0.3, -0.25) is 0 Å². The first-order chi connectivity index (χ1) is 18.5. The van der Waals surface area contributed by atoms with Crippen LogP contribution < -0.4 is 14.7 Å². The number of fused-ring (bicyclic) bond motifs is 1. The molecule has 200 valence electrons. The van der Waals surface area contributed by atoms with Crippen LogP contribution in [-0.4, -0.2) is 15.5 Å². The fraction of sp³-hybridized carbons (Fsp3) is 0.133. The van der Waals surface area contributed by atoms with Gasteiger partial charge in [0.25, 0.3) is 10.0 Å². The molecule has 1 heterocycles. The molecule has 0 saturated carbocycles. The zero-order valence-corrected chi connectivity index (χ0v) is 24.8. The maximum absolute atomic E-state index is 13.9. The van der Waals surface area contributed by atoms with Gasteiger partial charge in [0.05, 0.1) is 4.90 Å². The van der Waals surface area contributed by atoms with Crippen LogP contribution in [0.5, 0.6) is 5.75 Å². The van der Waals surface area contributed by atoms with Crippen molar-refractivity contribution in [2.75, 3.05) is 11.9 Å². The summed E-state index contributed by atoms with van der Waals surface area (Å²) in [6.07, 6.45) is 0. The molecule has 0 aliphatic carbocycles. The Kier molecular flexibility index (Phi) is 7.43. The molecule has 0 N–H and O–H groups in total. The molecule has 1 aliphatic rings. The predicted molar refractivity (Wildman–Crippen MR) is 162 cm³/mol. The number of halogens is 2. The highest BCUT2D eigenvalue weighted by molar-refractivity contribution is 7.95. The standard InChI is InChI=1S/C30H27Cl2N2O3PS/c1-30(2)27-14-7-8-15-28(27)34(3)29(30)21-38(25-12-5-4-6-13-25,37-24-11-9-10-23(32)20-24)33-39(35,36)26-18-16-22(31)17-19-26/h4-21H,1-3H3/b29-21-/t38-/m1/s1. The fourth-order valence-electron chi connectivity index (χ4n) is 4.78. The Bertz CT molecular complexity index is 1720. The number of likely N-dealkylation sites (N-methyl/N-ethyl adjacent to an activating group) is 1. The Morgan fingerprint density at radius 1 is 0.846 bits per heavy atom. The molecule has 39 heavy (non-hydrogen) atoms. The van der Waals surface area contributed by atoms with Crippen LogP contribution in [0, 0.1) is 0 Å². The second kappa shape index (κ2) is 10.5. The van der Waals surface area contributed by atoms with Crippen molar-refractivity contribution in [1.82, 2.24) is 0 Å². The van der Waals surface area contributed by atoms with E-state index in [1.807, 2.05) is 55.3 Å². The summed E-state index contributed by atoms with van der Waals surface area (Å²) in [5.74, 6) is 2.33. The average Bonchev–Trinajstić information content (AvgIpc) is 3.10. The van der Waals surface area contributed by atoms with Crippen LogP contribution in [-0.2, 0) is 15.4 Å². The van der Waals surface area contributed by atoms with E-state index < -0.39 is 22.7 Å². The van der Waals surface area contributed by atoms with Crippen molar-refractivity contribution in [3.63, 3.8) is 0 Å². The monoisotopic (exact) mass is 596 g/mol. The first-order valence-corrected chi connectivity index (χ1v) is 16.2. The molecule has 0 amide bonds. The molecule has 0 spiro atoms. The van der Waals surface area contributed by atoms with Gasteiger partial charge in [-0.25, -0.2) is 0 Å². The van der Waals surface area contributed by atoms with Gasteiger partial charge in [-0.15, -0.1) is 4.15 Å². The summed E-state index contributed by atoms with van der Waals surface area (Å²) in [7, 11) is -5.65. The number of para-hydroxylation sites is 1. The van der Waals surface area contributed by atoms with Crippen molar-refractivity contribution in [2.24, 2.45) is 4.15 Å². The normalized spacial score (nSPS) is 16.9. The first kappa shape index (κ1) is 27.5. The molecule has 1 aliphatic heterocycles.